The van der Waals surface area contributed by atoms with Gasteiger partial charge in [0.2, 0.25) is 5.95 Å². The predicted molar refractivity (Wildman–Crippen MR) is 98.7 cm³/mol. The Hall–Kier alpha value is -2.12. The van der Waals surface area contributed by atoms with E-state index in [-0.39, 0.29) is 5.60 Å². The molecule has 1 spiro atoms. The fraction of sp³-hybridized carbons (Fsp3) is 0.550. The van der Waals surface area contributed by atoms with Crippen LogP contribution in [0.5, 0.6) is 0 Å². The van der Waals surface area contributed by atoms with Gasteiger partial charge in [0.1, 0.15) is 0 Å². The molecule has 0 N–H and O–H groups in total. The molecule has 4 rings (SSSR count). The van der Waals surface area contributed by atoms with Gasteiger partial charge in [0.05, 0.1) is 30.3 Å². The average molecular weight is 372 g/mol. The lowest BCUT2D eigenvalue weighted by Gasteiger charge is -2.42. The second-order valence-corrected chi connectivity index (χ2v) is 7.25. The molecule has 1 unspecified atom stereocenters. The lowest BCUT2D eigenvalue weighted by molar-refractivity contribution is -0.0478. The Morgan fingerprint density at radius 3 is 2.74 bits per heavy atom. The van der Waals surface area contributed by atoms with Crippen LogP contribution < -0.4 is 4.90 Å². The highest BCUT2D eigenvalue weighted by Gasteiger charge is 2.46. The summed E-state index contributed by atoms with van der Waals surface area (Å²) in [4.78, 5) is 14.6. The topological polar surface area (TPSA) is 60.4 Å². The minimum atomic E-state index is -0.405. The lowest BCUT2D eigenvalue weighted by atomic mass is 9.78. The molecular weight excluding hydrogens is 347 g/mol. The summed E-state index contributed by atoms with van der Waals surface area (Å²) in [6.45, 7) is 3.75. The van der Waals surface area contributed by atoms with Gasteiger partial charge in [-0.15, -0.1) is 0 Å². The Morgan fingerprint density at radius 1 is 1.19 bits per heavy atom. The predicted octanol–water partition coefficient (Wildman–Crippen LogP) is 2.99. The van der Waals surface area contributed by atoms with Crippen LogP contribution >= 0.6 is 0 Å². The van der Waals surface area contributed by atoms with Gasteiger partial charge in [-0.1, -0.05) is 6.07 Å². The molecule has 7 heteroatoms. The molecule has 2 aromatic heterocycles. The molecule has 0 amide bonds. The number of aromatic nitrogens is 3. The molecule has 0 saturated carbocycles. The van der Waals surface area contributed by atoms with E-state index >= 15 is 0 Å². The molecule has 27 heavy (non-hydrogen) atoms. The molecule has 2 aromatic rings. The quantitative estimate of drug-likeness (QED) is 0.727. The number of halogens is 1. The van der Waals surface area contributed by atoms with Crippen molar-refractivity contribution in [3.63, 3.8) is 0 Å². The van der Waals surface area contributed by atoms with E-state index in [9.17, 15) is 4.39 Å². The molecule has 0 aliphatic carbocycles. The monoisotopic (exact) mass is 372 g/mol. The zero-order valence-electron chi connectivity index (χ0n) is 15.4. The van der Waals surface area contributed by atoms with Crippen LogP contribution in [0.2, 0.25) is 0 Å². The van der Waals surface area contributed by atoms with Crippen LogP contribution in [0.3, 0.4) is 0 Å². The fourth-order valence-corrected chi connectivity index (χ4v) is 4.19. The van der Waals surface area contributed by atoms with Crippen LogP contribution in [0.15, 0.2) is 36.8 Å². The van der Waals surface area contributed by atoms with Crippen LogP contribution in [0.1, 0.15) is 31.4 Å². The summed E-state index contributed by atoms with van der Waals surface area (Å²) >= 11 is 0. The molecule has 2 aliphatic rings. The van der Waals surface area contributed by atoms with Crippen LogP contribution in [0, 0.1) is 11.7 Å². The zero-order valence-corrected chi connectivity index (χ0v) is 15.4. The molecule has 2 aliphatic heterocycles. The van der Waals surface area contributed by atoms with E-state index in [0.717, 1.165) is 57.7 Å². The Balaban J connectivity index is 1.27. The van der Waals surface area contributed by atoms with Crippen molar-refractivity contribution in [2.45, 2.75) is 37.9 Å². The average Bonchev–Trinajstić information content (AvgIpc) is 3.09. The van der Waals surface area contributed by atoms with Gasteiger partial charge in [0, 0.05) is 32.5 Å². The van der Waals surface area contributed by atoms with Crippen LogP contribution in [0.4, 0.5) is 10.3 Å². The van der Waals surface area contributed by atoms with Gasteiger partial charge in [-0.25, -0.2) is 14.4 Å². The molecule has 1 atom stereocenters. The summed E-state index contributed by atoms with van der Waals surface area (Å²) < 4.78 is 25.1. The molecule has 2 saturated heterocycles. The smallest absolute Gasteiger partial charge is 0.225 e. The molecular formula is C20H25FN4O2. The van der Waals surface area contributed by atoms with E-state index in [4.69, 9.17) is 9.47 Å². The SMILES string of the molecule is Fc1cnc(N2CCC3(CC2)OCCC3CCOCc2ccccn2)nc1. The van der Waals surface area contributed by atoms with Crippen molar-refractivity contribution in [2.75, 3.05) is 31.2 Å². The van der Waals surface area contributed by atoms with Gasteiger partial charge in [0.15, 0.2) is 5.82 Å². The third kappa shape index (κ3) is 4.25. The number of pyridine rings is 1. The van der Waals surface area contributed by atoms with E-state index in [1.54, 1.807) is 6.20 Å². The number of hydrogen-bond acceptors (Lipinski definition) is 6. The standard InChI is InChI=1S/C20H25FN4O2/c21-17-13-23-19(24-14-17)25-9-6-20(7-10-25)16(5-12-27-20)4-11-26-15-18-3-1-2-8-22-18/h1-3,8,13-14,16H,4-7,9-12,15H2. The van der Waals surface area contributed by atoms with Crippen molar-refractivity contribution < 1.29 is 13.9 Å². The number of nitrogens with zero attached hydrogens (tertiary/aromatic N) is 4. The summed E-state index contributed by atoms with van der Waals surface area (Å²) in [6, 6.07) is 5.87. The normalized spacial score (nSPS) is 21.7. The number of hydrogen-bond donors (Lipinski definition) is 0. The second-order valence-electron chi connectivity index (χ2n) is 7.25. The van der Waals surface area contributed by atoms with E-state index in [1.807, 2.05) is 18.2 Å². The van der Waals surface area contributed by atoms with Crippen molar-refractivity contribution in [1.82, 2.24) is 15.0 Å². The molecule has 2 fully saturated rings. The largest absolute Gasteiger partial charge is 0.375 e. The fourth-order valence-electron chi connectivity index (χ4n) is 4.19. The van der Waals surface area contributed by atoms with Crippen molar-refractivity contribution in [1.29, 1.82) is 0 Å². The van der Waals surface area contributed by atoms with Crippen molar-refractivity contribution >= 4 is 5.95 Å². The van der Waals surface area contributed by atoms with Gasteiger partial charge in [-0.05, 0) is 43.7 Å². The first-order chi connectivity index (χ1) is 13.3. The molecule has 0 aromatic carbocycles. The Labute approximate surface area is 158 Å². The number of rotatable bonds is 6. The van der Waals surface area contributed by atoms with E-state index in [2.05, 4.69) is 19.9 Å². The van der Waals surface area contributed by atoms with Crippen LogP contribution in [0.25, 0.3) is 0 Å². The lowest BCUT2D eigenvalue weighted by Crippen LogP contribution is -2.48. The molecule has 0 bridgehead atoms. The maximum atomic E-state index is 13.0. The van der Waals surface area contributed by atoms with Crippen molar-refractivity contribution in [2.24, 2.45) is 5.92 Å². The van der Waals surface area contributed by atoms with Crippen LogP contribution in [-0.2, 0) is 16.1 Å². The number of anilines is 1. The maximum Gasteiger partial charge on any atom is 0.225 e. The summed E-state index contributed by atoms with van der Waals surface area (Å²) in [6.07, 6.45) is 8.20. The highest BCUT2D eigenvalue weighted by atomic mass is 19.1. The van der Waals surface area contributed by atoms with Gasteiger partial charge < -0.3 is 14.4 Å². The zero-order chi connectivity index (χ0) is 18.5. The van der Waals surface area contributed by atoms with E-state index in [0.29, 0.717) is 18.5 Å². The van der Waals surface area contributed by atoms with Gasteiger partial charge in [-0.3, -0.25) is 4.98 Å². The first-order valence-corrected chi connectivity index (χ1v) is 9.59. The van der Waals surface area contributed by atoms with Crippen LogP contribution in [-0.4, -0.2) is 46.9 Å². The van der Waals surface area contributed by atoms with Crippen molar-refractivity contribution in [3.8, 4) is 0 Å². The molecule has 144 valence electrons. The van der Waals surface area contributed by atoms with E-state index in [1.165, 1.54) is 12.4 Å². The summed E-state index contributed by atoms with van der Waals surface area (Å²) in [5.74, 6) is 0.703. The molecule has 0 radical (unpaired) electrons. The highest BCUT2D eigenvalue weighted by Crippen LogP contribution is 2.42. The first-order valence-electron chi connectivity index (χ1n) is 9.59. The Bertz CT molecular complexity index is 721. The second kappa shape index (κ2) is 8.27. The van der Waals surface area contributed by atoms with Gasteiger partial charge >= 0.3 is 0 Å². The van der Waals surface area contributed by atoms with Gasteiger partial charge in [0.25, 0.3) is 0 Å². The van der Waals surface area contributed by atoms with Gasteiger partial charge in [-0.2, -0.15) is 0 Å². The number of piperidine rings is 1. The minimum Gasteiger partial charge on any atom is -0.375 e. The van der Waals surface area contributed by atoms with Crippen molar-refractivity contribution in [3.05, 3.63) is 48.3 Å². The summed E-state index contributed by atoms with van der Waals surface area (Å²) in [5.41, 5.74) is 0.896. The molecule has 4 heterocycles. The summed E-state index contributed by atoms with van der Waals surface area (Å²) in [5, 5.41) is 0. The third-order valence-corrected chi connectivity index (χ3v) is 5.69. The number of ether oxygens (including phenoxy) is 2. The van der Waals surface area contributed by atoms with E-state index < -0.39 is 5.82 Å². The minimum absolute atomic E-state index is 0.0646. The first kappa shape index (κ1) is 18.3. The third-order valence-electron chi connectivity index (χ3n) is 5.69. The maximum absolute atomic E-state index is 13.0. The summed E-state index contributed by atoms with van der Waals surface area (Å²) in [7, 11) is 0. The highest BCUT2D eigenvalue weighted by molar-refractivity contribution is 5.30. The molecule has 6 nitrogen and oxygen atoms in total. The Kier molecular flexibility index (Phi) is 5.59. The Morgan fingerprint density at radius 2 is 2.00 bits per heavy atom.